The summed E-state index contributed by atoms with van der Waals surface area (Å²) < 4.78 is 10.8. The molecule has 2 fully saturated rings. The van der Waals surface area contributed by atoms with Gasteiger partial charge in [0.05, 0.1) is 18.7 Å². The number of likely N-dealkylation sites (tertiary alicyclic amines) is 1. The van der Waals surface area contributed by atoms with Crippen LogP contribution in [0.25, 0.3) is 0 Å². The van der Waals surface area contributed by atoms with Crippen LogP contribution in [-0.4, -0.2) is 89.2 Å². The number of amides is 1. The molecule has 0 bridgehead atoms. The maximum absolute atomic E-state index is 12.8. The summed E-state index contributed by atoms with van der Waals surface area (Å²) in [6, 6.07) is 5.06. The number of aliphatic carboxylic acids is 1. The molecule has 11 heteroatoms. The van der Waals surface area contributed by atoms with Crippen LogP contribution < -0.4 is 20.7 Å². The lowest BCUT2D eigenvalue weighted by molar-refractivity contribution is -0.922. The van der Waals surface area contributed by atoms with Gasteiger partial charge in [0.15, 0.2) is 6.10 Å². The number of carboxylic acid groups (broad SMARTS) is 1. The fourth-order valence-corrected chi connectivity index (χ4v) is 4.37. The Morgan fingerprint density at radius 3 is 2.67 bits per heavy atom. The summed E-state index contributed by atoms with van der Waals surface area (Å²) in [5, 5.41) is 42.1. The number of carboxylic acids is 1. The number of hydrogen-bond acceptors (Lipinski definition) is 8. The largest absolute Gasteiger partial charge is 0.479 e. The van der Waals surface area contributed by atoms with Crippen LogP contribution in [0.1, 0.15) is 35.7 Å². The van der Waals surface area contributed by atoms with E-state index in [0.717, 1.165) is 31.6 Å². The minimum Gasteiger partial charge on any atom is -0.479 e. The van der Waals surface area contributed by atoms with Gasteiger partial charge in [-0.2, -0.15) is 0 Å². The summed E-state index contributed by atoms with van der Waals surface area (Å²) in [6.07, 6.45) is -6.40. The summed E-state index contributed by atoms with van der Waals surface area (Å²) in [7, 11) is 0. The molecule has 2 aliphatic rings. The molecule has 1 unspecified atom stereocenters. The molecule has 2 aliphatic heterocycles. The number of benzene rings is 1. The molecular weight excluding hydrogens is 434 g/mol. The lowest BCUT2D eigenvalue weighted by Gasteiger charge is -2.38. The molecule has 8 N–H and O–H groups in total. The van der Waals surface area contributed by atoms with Crippen molar-refractivity contribution in [2.45, 2.75) is 57.0 Å². The number of ether oxygens (including phenoxy) is 2. The van der Waals surface area contributed by atoms with Crippen LogP contribution in [0.3, 0.4) is 0 Å². The third-order valence-electron chi connectivity index (χ3n) is 6.09. The quantitative estimate of drug-likeness (QED) is 0.217. The standard InChI is InChI=1S/C22H33N3O8/c1-12-3-2-8-25(10-12)11-13-4-5-15(14(9-13)20(29)24-7-6-23)32-22-18(28)16(26)17(27)19(33-22)21(30)31/h4-5,9,12,16-19,22,26-28H,2-3,6-8,10-11,23H2,1H3,(H,24,29)(H,30,31)/p+1/t12-,16-,17-,18+,19-,22+/m0/s1. The Labute approximate surface area is 192 Å². The van der Waals surface area contributed by atoms with Crippen molar-refractivity contribution in [2.75, 3.05) is 26.2 Å². The summed E-state index contributed by atoms with van der Waals surface area (Å²) in [5.41, 5.74) is 6.59. The van der Waals surface area contributed by atoms with Crippen LogP contribution in [0.2, 0.25) is 0 Å². The molecule has 0 saturated carbocycles. The fourth-order valence-electron chi connectivity index (χ4n) is 4.37. The second-order valence-electron chi connectivity index (χ2n) is 8.86. The van der Waals surface area contributed by atoms with Gasteiger partial charge in [0.1, 0.15) is 30.6 Å². The zero-order valence-corrected chi connectivity index (χ0v) is 18.6. The first-order valence-electron chi connectivity index (χ1n) is 11.2. The first kappa shape index (κ1) is 25.3. The van der Waals surface area contributed by atoms with Gasteiger partial charge in [-0.3, -0.25) is 4.79 Å². The zero-order chi connectivity index (χ0) is 24.1. The van der Waals surface area contributed by atoms with Crippen LogP contribution in [0, 0.1) is 5.92 Å². The van der Waals surface area contributed by atoms with Crippen molar-refractivity contribution in [2.24, 2.45) is 11.7 Å². The highest BCUT2D eigenvalue weighted by Gasteiger charge is 2.48. The molecule has 0 aromatic heterocycles. The number of nitrogens with one attached hydrogen (secondary N) is 2. The van der Waals surface area contributed by atoms with E-state index in [2.05, 4.69) is 12.2 Å². The maximum atomic E-state index is 12.8. The van der Waals surface area contributed by atoms with E-state index in [1.54, 1.807) is 18.2 Å². The van der Waals surface area contributed by atoms with E-state index in [4.69, 9.17) is 15.2 Å². The molecule has 33 heavy (non-hydrogen) atoms. The number of rotatable bonds is 8. The first-order valence-corrected chi connectivity index (χ1v) is 11.2. The highest BCUT2D eigenvalue weighted by Crippen LogP contribution is 2.27. The number of carbonyl (C=O) groups excluding carboxylic acids is 1. The number of aliphatic hydroxyl groups excluding tert-OH is 3. The molecule has 1 amide bonds. The molecule has 0 aliphatic carbocycles. The Morgan fingerprint density at radius 1 is 1.24 bits per heavy atom. The molecule has 0 radical (unpaired) electrons. The molecule has 0 spiro atoms. The van der Waals surface area contributed by atoms with Crippen LogP contribution >= 0.6 is 0 Å². The van der Waals surface area contributed by atoms with Gasteiger partial charge in [-0.05, 0) is 31.0 Å². The minimum atomic E-state index is -1.83. The van der Waals surface area contributed by atoms with Crippen LogP contribution in [0.4, 0.5) is 0 Å². The third-order valence-corrected chi connectivity index (χ3v) is 6.09. The summed E-state index contributed by atoms with van der Waals surface area (Å²) in [6.45, 7) is 5.55. The minimum absolute atomic E-state index is 0.0482. The average Bonchev–Trinajstić information content (AvgIpc) is 2.78. The lowest BCUT2D eigenvalue weighted by Crippen LogP contribution is -3.12. The SMILES string of the molecule is C[C@H]1CCC[NH+](Cc2ccc(O[C@@H]3O[C@H](C(=O)O)[C@@H](O)[C@H](O)[C@H]3O)c(C(=O)NCCN)c2)C1. The number of aliphatic hydroxyl groups is 3. The Hall–Kier alpha value is -2.28. The first-order chi connectivity index (χ1) is 15.7. The molecule has 7 atom stereocenters. The summed E-state index contributed by atoms with van der Waals surface area (Å²) in [4.78, 5) is 25.6. The van der Waals surface area contributed by atoms with E-state index in [-0.39, 0.29) is 24.4 Å². The summed E-state index contributed by atoms with van der Waals surface area (Å²) >= 11 is 0. The van der Waals surface area contributed by atoms with Gasteiger partial charge >= 0.3 is 5.97 Å². The zero-order valence-electron chi connectivity index (χ0n) is 18.6. The van der Waals surface area contributed by atoms with Crippen LogP contribution in [-0.2, 0) is 16.1 Å². The maximum Gasteiger partial charge on any atom is 0.335 e. The van der Waals surface area contributed by atoms with Gasteiger partial charge in [-0.15, -0.1) is 0 Å². The molecule has 2 saturated heterocycles. The Balaban J connectivity index is 1.83. The topological polar surface area (TPSA) is 176 Å². The Bertz CT molecular complexity index is 838. The van der Waals surface area contributed by atoms with Crippen molar-refractivity contribution >= 4 is 11.9 Å². The third kappa shape index (κ3) is 6.19. The average molecular weight is 469 g/mol. The Kier molecular flexibility index (Phi) is 8.63. The highest BCUT2D eigenvalue weighted by molar-refractivity contribution is 5.97. The van der Waals surface area contributed by atoms with E-state index in [9.17, 15) is 30.0 Å². The second-order valence-corrected chi connectivity index (χ2v) is 8.86. The molecular formula is C22H34N3O8+. The van der Waals surface area contributed by atoms with Gasteiger partial charge in [0.2, 0.25) is 6.29 Å². The van der Waals surface area contributed by atoms with Crippen molar-refractivity contribution < 1.29 is 44.4 Å². The molecule has 1 aromatic rings. The molecule has 184 valence electrons. The monoisotopic (exact) mass is 468 g/mol. The van der Waals surface area contributed by atoms with Crippen molar-refractivity contribution in [3.8, 4) is 5.75 Å². The predicted molar refractivity (Wildman–Crippen MR) is 116 cm³/mol. The number of hydrogen-bond donors (Lipinski definition) is 7. The number of piperidine rings is 1. The molecule has 11 nitrogen and oxygen atoms in total. The van der Waals surface area contributed by atoms with Crippen molar-refractivity contribution in [1.29, 1.82) is 0 Å². The van der Waals surface area contributed by atoms with E-state index in [1.807, 2.05) is 0 Å². The van der Waals surface area contributed by atoms with E-state index < -0.39 is 42.6 Å². The highest BCUT2D eigenvalue weighted by atomic mass is 16.7. The van der Waals surface area contributed by atoms with Gasteiger partial charge in [-0.1, -0.05) is 6.92 Å². The molecule has 1 aromatic carbocycles. The summed E-state index contributed by atoms with van der Waals surface area (Å²) in [5.74, 6) is -1.28. The van der Waals surface area contributed by atoms with Crippen molar-refractivity contribution in [3.63, 3.8) is 0 Å². The second kappa shape index (κ2) is 11.2. The van der Waals surface area contributed by atoms with Crippen LogP contribution in [0.5, 0.6) is 5.75 Å². The van der Waals surface area contributed by atoms with Crippen molar-refractivity contribution in [3.05, 3.63) is 29.3 Å². The van der Waals surface area contributed by atoms with Crippen LogP contribution in [0.15, 0.2) is 18.2 Å². The number of carbonyl (C=O) groups is 2. The van der Waals surface area contributed by atoms with Gasteiger partial charge in [0.25, 0.3) is 5.91 Å². The fraction of sp³-hybridized carbons (Fsp3) is 0.636. The number of quaternary nitrogens is 1. The Morgan fingerprint density at radius 2 is 2.00 bits per heavy atom. The molecule has 2 heterocycles. The predicted octanol–water partition coefficient (Wildman–Crippen LogP) is -2.54. The van der Waals surface area contributed by atoms with Gasteiger partial charge in [-0.25, -0.2) is 4.79 Å². The molecule has 3 rings (SSSR count). The van der Waals surface area contributed by atoms with Gasteiger partial charge < -0.3 is 45.9 Å². The van der Waals surface area contributed by atoms with E-state index in [1.165, 1.54) is 11.3 Å². The lowest BCUT2D eigenvalue weighted by atomic mass is 9.98. The smallest absolute Gasteiger partial charge is 0.335 e. The van der Waals surface area contributed by atoms with E-state index >= 15 is 0 Å². The van der Waals surface area contributed by atoms with Gasteiger partial charge in [0, 0.05) is 24.6 Å². The van der Waals surface area contributed by atoms with E-state index in [0.29, 0.717) is 5.92 Å². The van der Waals surface area contributed by atoms with Crippen molar-refractivity contribution in [1.82, 2.24) is 5.32 Å². The number of nitrogens with two attached hydrogens (primary N) is 1. The normalized spacial score (nSPS) is 32.2.